The Morgan fingerprint density at radius 1 is 1.31 bits per heavy atom. The Hall–Kier alpha value is 0.0600. The van der Waals surface area contributed by atoms with Crippen LogP contribution in [0.25, 0.3) is 0 Å². The van der Waals surface area contributed by atoms with Crippen molar-refractivity contribution in [3.05, 3.63) is 20.8 Å². The molecule has 92 valence electrons. The molecule has 0 bridgehead atoms. The third kappa shape index (κ3) is 4.93. The Labute approximate surface area is 109 Å². The Morgan fingerprint density at radius 2 is 2.00 bits per heavy atom. The van der Waals surface area contributed by atoms with Crippen LogP contribution in [-0.4, -0.2) is 25.9 Å². The van der Waals surface area contributed by atoms with Crippen LogP contribution in [0.15, 0.2) is 15.9 Å². The van der Waals surface area contributed by atoms with Gasteiger partial charge in [0.15, 0.2) is 0 Å². The predicted octanol–water partition coefficient (Wildman–Crippen LogP) is 2.95. The lowest BCUT2D eigenvalue weighted by atomic mass is 10.3. The Balaban J connectivity index is 2.32. The lowest BCUT2D eigenvalue weighted by molar-refractivity contribution is -0.00932. The summed E-state index contributed by atoms with van der Waals surface area (Å²) in [4.78, 5) is 1.15. The van der Waals surface area contributed by atoms with E-state index in [-0.39, 0.29) is 12.2 Å². The molecule has 0 radical (unpaired) electrons. The predicted molar refractivity (Wildman–Crippen MR) is 70.9 cm³/mol. The smallest absolute Gasteiger partial charge is 0.104 e. The van der Waals surface area contributed by atoms with Gasteiger partial charge in [0.1, 0.15) is 6.10 Å². The van der Waals surface area contributed by atoms with E-state index in [0.717, 1.165) is 8.66 Å². The van der Waals surface area contributed by atoms with Crippen molar-refractivity contribution in [2.24, 2.45) is 5.73 Å². The molecule has 2 N–H and O–H groups in total. The van der Waals surface area contributed by atoms with Gasteiger partial charge in [0.05, 0.1) is 23.1 Å². The van der Waals surface area contributed by atoms with Crippen LogP contribution in [0.4, 0.5) is 0 Å². The summed E-state index contributed by atoms with van der Waals surface area (Å²) in [5, 5.41) is 0. The van der Waals surface area contributed by atoms with Gasteiger partial charge >= 0.3 is 0 Å². The summed E-state index contributed by atoms with van der Waals surface area (Å²) in [6.45, 7) is 5.71. The molecule has 1 unspecified atom stereocenters. The van der Waals surface area contributed by atoms with E-state index >= 15 is 0 Å². The zero-order chi connectivity index (χ0) is 12.0. The van der Waals surface area contributed by atoms with Gasteiger partial charge < -0.3 is 15.2 Å². The molecular weight excluding hydrogens is 290 g/mol. The summed E-state index contributed by atoms with van der Waals surface area (Å²) in [7, 11) is 0. The second-order valence-corrected chi connectivity index (χ2v) is 6.15. The highest BCUT2D eigenvalue weighted by Gasteiger charge is 2.12. The van der Waals surface area contributed by atoms with Crippen LogP contribution in [0.1, 0.15) is 24.8 Å². The second-order valence-electron chi connectivity index (χ2n) is 3.66. The summed E-state index contributed by atoms with van der Waals surface area (Å²) >= 11 is 5.08. The maximum atomic E-state index is 5.68. The van der Waals surface area contributed by atoms with Crippen molar-refractivity contribution < 1.29 is 9.47 Å². The van der Waals surface area contributed by atoms with Crippen molar-refractivity contribution in [3.63, 3.8) is 0 Å². The third-order valence-electron chi connectivity index (χ3n) is 1.98. The summed E-state index contributed by atoms with van der Waals surface area (Å²) in [6.07, 6.45) is 0.225. The first kappa shape index (κ1) is 14.1. The molecule has 1 aromatic rings. The van der Waals surface area contributed by atoms with Crippen molar-refractivity contribution in [1.29, 1.82) is 0 Å². The van der Waals surface area contributed by atoms with E-state index in [2.05, 4.69) is 15.9 Å². The van der Waals surface area contributed by atoms with Gasteiger partial charge in [-0.2, -0.15) is 0 Å². The average Bonchev–Trinajstić information content (AvgIpc) is 2.64. The van der Waals surface area contributed by atoms with Crippen LogP contribution in [0.3, 0.4) is 0 Å². The van der Waals surface area contributed by atoms with E-state index in [0.29, 0.717) is 19.8 Å². The number of ether oxygens (including phenoxy) is 2. The minimum Gasteiger partial charge on any atom is -0.376 e. The van der Waals surface area contributed by atoms with Gasteiger partial charge in [-0.05, 0) is 41.9 Å². The van der Waals surface area contributed by atoms with Gasteiger partial charge in [-0.3, -0.25) is 0 Å². The zero-order valence-corrected chi connectivity index (χ0v) is 12.0. The van der Waals surface area contributed by atoms with Crippen LogP contribution in [-0.2, 0) is 9.47 Å². The number of halogens is 1. The summed E-state index contributed by atoms with van der Waals surface area (Å²) in [5.74, 6) is 0. The van der Waals surface area contributed by atoms with Gasteiger partial charge in [-0.15, -0.1) is 11.3 Å². The molecule has 0 fully saturated rings. The summed E-state index contributed by atoms with van der Waals surface area (Å²) in [5.41, 5.74) is 5.68. The largest absolute Gasteiger partial charge is 0.376 e. The van der Waals surface area contributed by atoms with Gasteiger partial charge in [0, 0.05) is 11.4 Å². The molecule has 0 saturated heterocycles. The van der Waals surface area contributed by atoms with Gasteiger partial charge in [-0.25, -0.2) is 0 Å². The fraction of sp³-hybridized carbons (Fsp3) is 0.636. The highest BCUT2D eigenvalue weighted by Crippen LogP contribution is 2.28. The SMILES string of the molecule is CC(C)OCCOC(CN)c1ccc(Br)s1. The fourth-order valence-corrected chi connectivity index (χ4v) is 2.73. The number of hydrogen-bond acceptors (Lipinski definition) is 4. The molecule has 0 aliphatic heterocycles. The van der Waals surface area contributed by atoms with E-state index < -0.39 is 0 Å². The molecule has 1 atom stereocenters. The molecule has 0 aliphatic carbocycles. The average molecular weight is 308 g/mol. The van der Waals surface area contributed by atoms with Crippen LogP contribution < -0.4 is 5.73 Å². The molecule has 5 heteroatoms. The minimum absolute atomic E-state index is 0.0212. The van der Waals surface area contributed by atoms with E-state index in [1.54, 1.807) is 11.3 Å². The lowest BCUT2D eigenvalue weighted by Crippen LogP contribution is -2.18. The molecule has 0 saturated carbocycles. The number of nitrogens with two attached hydrogens (primary N) is 1. The fourth-order valence-electron chi connectivity index (χ4n) is 1.24. The highest BCUT2D eigenvalue weighted by molar-refractivity contribution is 9.11. The van der Waals surface area contributed by atoms with Gasteiger partial charge in [-0.1, -0.05) is 0 Å². The highest BCUT2D eigenvalue weighted by atomic mass is 79.9. The van der Waals surface area contributed by atoms with Crippen LogP contribution >= 0.6 is 27.3 Å². The Kier molecular flexibility index (Phi) is 6.53. The first-order valence-electron chi connectivity index (χ1n) is 5.32. The second kappa shape index (κ2) is 7.40. The Morgan fingerprint density at radius 3 is 2.50 bits per heavy atom. The standard InChI is InChI=1S/C11H18BrNO2S/c1-8(2)14-5-6-15-9(7-13)10-3-4-11(12)16-10/h3-4,8-9H,5-7,13H2,1-2H3. The first-order chi connectivity index (χ1) is 7.63. The van der Waals surface area contributed by atoms with Crippen molar-refractivity contribution >= 4 is 27.3 Å². The maximum absolute atomic E-state index is 5.68. The molecule has 0 spiro atoms. The first-order valence-corrected chi connectivity index (χ1v) is 6.93. The van der Waals surface area contributed by atoms with E-state index in [4.69, 9.17) is 15.2 Å². The molecule has 3 nitrogen and oxygen atoms in total. The molecule has 1 aromatic heterocycles. The van der Waals surface area contributed by atoms with Crippen LogP contribution in [0.5, 0.6) is 0 Å². The molecule has 1 heterocycles. The topological polar surface area (TPSA) is 44.5 Å². The maximum Gasteiger partial charge on any atom is 0.104 e. The quantitative estimate of drug-likeness (QED) is 0.788. The third-order valence-corrected chi connectivity index (χ3v) is 3.69. The molecule has 16 heavy (non-hydrogen) atoms. The van der Waals surface area contributed by atoms with Gasteiger partial charge in [0.25, 0.3) is 0 Å². The zero-order valence-electron chi connectivity index (χ0n) is 9.61. The van der Waals surface area contributed by atoms with Gasteiger partial charge in [0.2, 0.25) is 0 Å². The van der Waals surface area contributed by atoms with Crippen LogP contribution in [0.2, 0.25) is 0 Å². The monoisotopic (exact) mass is 307 g/mol. The van der Waals surface area contributed by atoms with Crippen LogP contribution in [0, 0.1) is 0 Å². The molecule has 0 aromatic carbocycles. The summed E-state index contributed by atoms with van der Waals surface area (Å²) < 4.78 is 12.2. The lowest BCUT2D eigenvalue weighted by Gasteiger charge is -2.15. The van der Waals surface area contributed by atoms with Crippen molar-refractivity contribution in [2.45, 2.75) is 26.1 Å². The van der Waals surface area contributed by atoms with E-state index in [9.17, 15) is 0 Å². The molecular formula is C11H18BrNO2S. The minimum atomic E-state index is -0.0212. The molecule has 0 aliphatic rings. The summed E-state index contributed by atoms with van der Waals surface area (Å²) in [6, 6.07) is 4.05. The van der Waals surface area contributed by atoms with Crippen molar-refractivity contribution in [1.82, 2.24) is 0 Å². The molecule has 1 rings (SSSR count). The van der Waals surface area contributed by atoms with E-state index in [1.165, 1.54) is 0 Å². The normalized spacial score (nSPS) is 13.3. The Bertz CT molecular complexity index is 304. The molecule has 0 amide bonds. The van der Waals surface area contributed by atoms with Crippen molar-refractivity contribution in [3.8, 4) is 0 Å². The number of rotatable bonds is 7. The number of thiophene rings is 1. The van der Waals surface area contributed by atoms with E-state index in [1.807, 2.05) is 26.0 Å². The number of hydrogen-bond donors (Lipinski definition) is 1. The van der Waals surface area contributed by atoms with Crippen molar-refractivity contribution in [2.75, 3.05) is 19.8 Å².